The van der Waals surface area contributed by atoms with Gasteiger partial charge < -0.3 is 4.74 Å². The summed E-state index contributed by atoms with van der Waals surface area (Å²) in [5.74, 6) is 0.795. The molecule has 17 heavy (non-hydrogen) atoms. The predicted octanol–water partition coefficient (Wildman–Crippen LogP) is 5.61. The second-order valence-electron chi connectivity index (χ2n) is 3.39. The van der Waals surface area contributed by atoms with Crippen LogP contribution in [0, 0.1) is 0 Å². The van der Waals surface area contributed by atoms with Gasteiger partial charge in [0.2, 0.25) is 0 Å². The van der Waals surface area contributed by atoms with Crippen molar-refractivity contribution in [2.45, 2.75) is 5.38 Å². The van der Waals surface area contributed by atoms with Gasteiger partial charge in [0.25, 0.3) is 0 Å². The Morgan fingerprint density at radius 2 is 2.00 bits per heavy atom. The highest BCUT2D eigenvalue weighted by Crippen LogP contribution is 2.40. The Bertz CT molecular complexity index is 527. The first-order valence-electron chi connectivity index (χ1n) is 4.84. The fourth-order valence-electron chi connectivity index (χ4n) is 1.51. The minimum absolute atomic E-state index is 0.186. The molecule has 0 saturated carbocycles. The molecular weight excluding hydrogens is 387 g/mol. The van der Waals surface area contributed by atoms with E-state index in [9.17, 15) is 0 Å². The maximum Gasteiger partial charge on any atom is 0.125 e. The average Bonchev–Trinajstić information content (AvgIpc) is 2.75. The second kappa shape index (κ2) is 5.74. The first-order chi connectivity index (χ1) is 8.11. The molecule has 1 aromatic heterocycles. The van der Waals surface area contributed by atoms with E-state index >= 15 is 0 Å². The molecule has 0 bridgehead atoms. The Kier molecular flexibility index (Phi) is 4.53. The Balaban J connectivity index is 2.39. The highest BCUT2D eigenvalue weighted by Gasteiger charge is 2.17. The number of rotatable bonds is 3. The van der Waals surface area contributed by atoms with E-state index in [1.54, 1.807) is 18.4 Å². The lowest BCUT2D eigenvalue weighted by Gasteiger charge is -2.13. The lowest BCUT2D eigenvalue weighted by atomic mass is 10.1. The van der Waals surface area contributed by atoms with E-state index in [-0.39, 0.29) is 5.38 Å². The largest absolute Gasteiger partial charge is 0.496 e. The summed E-state index contributed by atoms with van der Waals surface area (Å²) in [5.41, 5.74) is 0.978. The minimum atomic E-state index is -0.186. The van der Waals surface area contributed by atoms with Crippen LogP contribution in [0.2, 0.25) is 0 Å². The minimum Gasteiger partial charge on any atom is -0.496 e. The molecule has 1 heterocycles. The molecule has 2 aromatic rings. The summed E-state index contributed by atoms with van der Waals surface area (Å²) in [6, 6.07) is 9.89. The number of methoxy groups -OCH3 is 1. The third-order valence-electron chi connectivity index (χ3n) is 2.31. The van der Waals surface area contributed by atoms with Gasteiger partial charge in [-0.15, -0.1) is 22.9 Å². The molecule has 1 atom stereocenters. The molecule has 2 rings (SSSR count). The molecule has 1 aromatic carbocycles. The Morgan fingerprint density at radius 3 is 2.59 bits per heavy atom. The van der Waals surface area contributed by atoms with Gasteiger partial charge >= 0.3 is 0 Å². The Hall–Kier alpha value is -0.0300. The molecule has 0 saturated heterocycles. The van der Waals surface area contributed by atoms with Crippen LogP contribution in [0.5, 0.6) is 5.75 Å². The maximum atomic E-state index is 6.48. The molecule has 90 valence electrons. The molecule has 0 aliphatic heterocycles. The van der Waals surface area contributed by atoms with Gasteiger partial charge in [0.15, 0.2) is 0 Å². The first kappa shape index (κ1) is 13.4. The molecule has 1 nitrogen and oxygen atoms in total. The second-order valence-corrected chi connectivity index (χ2v) is 7.24. The van der Waals surface area contributed by atoms with E-state index in [0.717, 1.165) is 24.4 Å². The van der Waals surface area contributed by atoms with Crippen molar-refractivity contribution in [3.05, 3.63) is 49.0 Å². The molecule has 5 heteroatoms. The zero-order valence-corrected chi connectivity index (χ0v) is 13.7. The molecule has 0 aliphatic rings. The lowest BCUT2D eigenvalue weighted by molar-refractivity contribution is 0.410. The van der Waals surface area contributed by atoms with Crippen LogP contribution in [-0.4, -0.2) is 7.11 Å². The van der Waals surface area contributed by atoms with Crippen LogP contribution in [-0.2, 0) is 0 Å². The molecule has 1 unspecified atom stereocenters. The average molecular weight is 397 g/mol. The van der Waals surface area contributed by atoms with Crippen molar-refractivity contribution >= 4 is 54.8 Å². The maximum absolute atomic E-state index is 6.48. The van der Waals surface area contributed by atoms with Gasteiger partial charge in [0.05, 0.1) is 16.3 Å². The van der Waals surface area contributed by atoms with Gasteiger partial charge in [-0.1, -0.05) is 22.0 Å². The van der Waals surface area contributed by atoms with Crippen molar-refractivity contribution in [3.63, 3.8) is 0 Å². The fourth-order valence-corrected chi connectivity index (χ4v) is 3.66. The van der Waals surface area contributed by atoms with Gasteiger partial charge in [0.1, 0.15) is 5.75 Å². The third kappa shape index (κ3) is 3.05. The summed E-state index contributed by atoms with van der Waals surface area (Å²) >= 11 is 15.0. The SMILES string of the molecule is COc1cc(Br)ccc1C(Cl)c1ccc(Br)s1. The zero-order valence-electron chi connectivity index (χ0n) is 8.91. The van der Waals surface area contributed by atoms with Crippen LogP contribution in [0.4, 0.5) is 0 Å². The normalized spacial score (nSPS) is 12.5. The Morgan fingerprint density at radius 1 is 1.24 bits per heavy atom. The van der Waals surface area contributed by atoms with Crippen molar-refractivity contribution < 1.29 is 4.74 Å². The number of ether oxygens (including phenoxy) is 1. The van der Waals surface area contributed by atoms with Crippen LogP contribution in [0.15, 0.2) is 38.6 Å². The van der Waals surface area contributed by atoms with E-state index in [4.69, 9.17) is 16.3 Å². The standard InChI is InChI=1S/C12H9Br2ClOS/c1-16-9-6-7(13)2-3-8(9)12(15)10-4-5-11(14)17-10/h2-6,12H,1H3. The van der Waals surface area contributed by atoms with E-state index in [1.165, 1.54) is 0 Å². The first-order valence-corrected chi connectivity index (χ1v) is 7.68. The molecule has 0 N–H and O–H groups in total. The van der Waals surface area contributed by atoms with E-state index < -0.39 is 0 Å². The summed E-state index contributed by atoms with van der Waals surface area (Å²) in [7, 11) is 1.65. The predicted molar refractivity (Wildman–Crippen MR) is 80.4 cm³/mol. The van der Waals surface area contributed by atoms with Crippen molar-refractivity contribution in [2.75, 3.05) is 7.11 Å². The van der Waals surface area contributed by atoms with Gasteiger partial charge in [-0.3, -0.25) is 0 Å². The van der Waals surface area contributed by atoms with Crippen LogP contribution in [0.25, 0.3) is 0 Å². The fraction of sp³-hybridized carbons (Fsp3) is 0.167. The molecule has 0 aliphatic carbocycles. The van der Waals surface area contributed by atoms with Gasteiger partial charge in [-0.25, -0.2) is 0 Å². The summed E-state index contributed by atoms with van der Waals surface area (Å²) in [5, 5.41) is -0.186. The monoisotopic (exact) mass is 394 g/mol. The van der Waals surface area contributed by atoms with E-state index in [2.05, 4.69) is 31.9 Å². The highest BCUT2D eigenvalue weighted by atomic mass is 79.9. The topological polar surface area (TPSA) is 9.23 Å². The molecular formula is C12H9Br2ClOS. The van der Waals surface area contributed by atoms with E-state index in [0.29, 0.717) is 0 Å². The molecule has 0 radical (unpaired) electrons. The molecule has 0 amide bonds. The van der Waals surface area contributed by atoms with Gasteiger partial charge in [0, 0.05) is 14.9 Å². The Labute approximate surface area is 126 Å². The molecule has 0 fully saturated rings. The number of thiophene rings is 1. The van der Waals surface area contributed by atoms with Crippen molar-refractivity contribution in [3.8, 4) is 5.75 Å². The molecule has 0 spiro atoms. The van der Waals surface area contributed by atoms with Crippen LogP contribution >= 0.6 is 54.8 Å². The summed E-state index contributed by atoms with van der Waals surface area (Å²) in [6.07, 6.45) is 0. The van der Waals surface area contributed by atoms with Crippen LogP contribution in [0.1, 0.15) is 15.8 Å². The number of hydrogen-bond donors (Lipinski definition) is 0. The number of hydrogen-bond acceptors (Lipinski definition) is 2. The summed E-state index contributed by atoms with van der Waals surface area (Å²) in [4.78, 5) is 1.10. The van der Waals surface area contributed by atoms with Crippen molar-refractivity contribution in [2.24, 2.45) is 0 Å². The summed E-state index contributed by atoms with van der Waals surface area (Å²) in [6.45, 7) is 0. The third-order valence-corrected chi connectivity index (χ3v) is 5.09. The van der Waals surface area contributed by atoms with Crippen molar-refractivity contribution in [1.29, 1.82) is 0 Å². The highest BCUT2D eigenvalue weighted by molar-refractivity contribution is 9.11. The number of alkyl halides is 1. The quantitative estimate of drug-likeness (QED) is 0.613. The van der Waals surface area contributed by atoms with Gasteiger partial charge in [-0.05, 0) is 40.2 Å². The van der Waals surface area contributed by atoms with Crippen LogP contribution in [0.3, 0.4) is 0 Å². The van der Waals surface area contributed by atoms with Crippen molar-refractivity contribution in [1.82, 2.24) is 0 Å². The number of halogens is 3. The summed E-state index contributed by atoms with van der Waals surface area (Å²) < 4.78 is 7.41. The number of benzene rings is 1. The van der Waals surface area contributed by atoms with Gasteiger partial charge in [-0.2, -0.15) is 0 Å². The lowest BCUT2D eigenvalue weighted by Crippen LogP contribution is -1.95. The van der Waals surface area contributed by atoms with Crippen LogP contribution < -0.4 is 4.74 Å². The van der Waals surface area contributed by atoms with E-state index in [1.807, 2.05) is 30.3 Å². The smallest absolute Gasteiger partial charge is 0.125 e. The zero-order chi connectivity index (χ0) is 12.4.